The topological polar surface area (TPSA) is 454 Å². The SMILES string of the molecule is CN1CCC[C@H]1C(=O)N[C@@H](Cc1cnc[nH]1)C(=O)C[C@@H](Cc1ccc(O)cc1)C(N)=O.CSCC[C@H](CC(=O)[C@@H](NC(C)=O)[C@@H](C)O)C(=O)NCC(=O)C[C@@H](Cc1ccccc1)C(=O)N[C@H](C(=O)C[C@@H](C)C(=O)N1CCC[C@H]1C(=O)C[C@@H](CCCCC(=N)N)C(=O)N[C@@H](Cc1ccccc1)C(C)=O)[C@@H](C)O. The molecule has 2 aliphatic rings. The van der Waals surface area contributed by atoms with Crippen molar-refractivity contribution in [1.82, 2.24) is 46.4 Å². The van der Waals surface area contributed by atoms with Gasteiger partial charge in [0.25, 0.3) is 0 Å². The van der Waals surface area contributed by atoms with Crippen molar-refractivity contribution in [3.63, 3.8) is 0 Å². The summed E-state index contributed by atoms with van der Waals surface area (Å²) in [6.45, 7) is 7.33. The summed E-state index contributed by atoms with van der Waals surface area (Å²) in [7, 11) is 1.89. The molecule has 13 atom stereocenters. The number of hydrogen-bond acceptors (Lipinski definition) is 20. The Hall–Kier alpha value is -9.32. The normalized spacial score (nSPS) is 17.3. The zero-order chi connectivity index (χ0) is 78.2. The third-order valence-electron chi connectivity index (χ3n) is 19.2. The molecule has 6 rings (SSSR count). The minimum absolute atomic E-state index is 0.00378. The van der Waals surface area contributed by atoms with E-state index in [0.717, 1.165) is 30.5 Å². The molecule has 7 amide bonds. The first-order valence-corrected chi connectivity index (χ1v) is 37.6. The summed E-state index contributed by atoms with van der Waals surface area (Å²) >= 11 is 1.44. The number of rotatable bonds is 45. The fourth-order valence-corrected chi connectivity index (χ4v) is 13.7. The molecule has 578 valence electrons. The number of ketones is 6. The van der Waals surface area contributed by atoms with Crippen molar-refractivity contribution in [1.29, 1.82) is 5.41 Å². The molecule has 14 N–H and O–H groups in total. The van der Waals surface area contributed by atoms with Gasteiger partial charge in [0.1, 0.15) is 17.8 Å². The molecule has 29 heteroatoms. The van der Waals surface area contributed by atoms with Crippen LogP contribution in [-0.2, 0) is 88.0 Å². The quantitative estimate of drug-likeness (QED) is 0.0171. The Balaban J connectivity index is 0.000000536. The van der Waals surface area contributed by atoms with E-state index in [4.69, 9.17) is 16.9 Å². The molecular weight excluding hydrogens is 1380 g/mol. The number of nitrogens with two attached hydrogens (primary N) is 2. The average Bonchev–Trinajstić information content (AvgIpc) is 1.63. The van der Waals surface area contributed by atoms with Gasteiger partial charge in [-0.1, -0.05) is 86.1 Å². The second-order valence-electron chi connectivity index (χ2n) is 28.0. The molecule has 4 aromatic rings. The number of amides is 7. The predicted octanol–water partition coefficient (Wildman–Crippen LogP) is 3.52. The number of phenols is 1. The van der Waals surface area contributed by atoms with Gasteiger partial charge in [0, 0.05) is 99.9 Å². The number of primary amides is 1. The maximum Gasteiger partial charge on any atom is 0.237 e. The highest BCUT2D eigenvalue weighted by Gasteiger charge is 2.41. The molecule has 3 heterocycles. The summed E-state index contributed by atoms with van der Waals surface area (Å²) in [4.78, 5) is 183. The predicted molar refractivity (Wildman–Crippen MR) is 399 cm³/mol. The van der Waals surface area contributed by atoms with Gasteiger partial charge in [0.2, 0.25) is 41.4 Å². The first-order valence-electron chi connectivity index (χ1n) is 36.3. The van der Waals surface area contributed by atoms with E-state index in [2.05, 4.69) is 36.6 Å². The van der Waals surface area contributed by atoms with Crippen LogP contribution in [0.2, 0.25) is 0 Å². The zero-order valence-electron chi connectivity index (χ0n) is 61.9. The number of H-pyrrole nitrogens is 1. The summed E-state index contributed by atoms with van der Waals surface area (Å²) < 4.78 is 0. The van der Waals surface area contributed by atoms with Crippen LogP contribution in [0.25, 0.3) is 0 Å². The lowest BCUT2D eigenvalue weighted by Crippen LogP contribution is -2.51. The van der Waals surface area contributed by atoms with Crippen molar-refractivity contribution in [3.8, 4) is 5.75 Å². The van der Waals surface area contributed by atoms with Crippen LogP contribution < -0.4 is 38.1 Å². The van der Waals surface area contributed by atoms with Crippen LogP contribution in [0.1, 0.15) is 147 Å². The first kappa shape index (κ1) is 87.3. The zero-order valence-corrected chi connectivity index (χ0v) is 62.7. The van der Waals surface area contributed by atoms with Crippen molar-refractivity contribution in [3.05, 3.63) is 120 Å². The number of thioether (sulfide) groups is 1. The van der Waals surface area contributed by atoms with E-state index in [9.17, 15) is 77.6 Å². The summed E-state index contributed by atoms with van der Waals surface area (Å²) in [6, 6.07) is 18.9. The monoisotopic (exact) mass is 1490 g/mol. The second kappa shape index (κ2) is 44.6. The number of unbranched alkanes of at least 4 members (excludes halogenated alkanes) is 1. The van der Waals surface area contributed by atoms with Crippen LogP contribution in [0, 0.1) is 35.0 Å². The number of aromatic hydroxyl groups is 1. The van der Waals surface area contributed by atoms with E-state index in [0.29, 0.717) is 49.1 Å². The molecule has 0 bridgehead atoms. The molecular formula is C77H108N12O16S. The van der Waals surface area contributed by atoms with Crippen LogP contribution >= 0.6 is 11.8 Å². The van der Waals surface area contributed by atoms with Crippen molar-refractivity contribution in [2.45, 2.75) is 199 Å². The molecule has 0 aliphatic carbocycles. The largest absolute Gasteiger partial charge is 0.508 e. The van der Waals surface area contributed by atoms with Gasteiger partial charge < -0.3 is 63.3 Å². The van der Waals surface area contributed by atoms with Crippen LogP contribution in [0.5, 0.6) is 5.75 Å². The number of aromatic nitrogens is 2. The first-order chi connectivity index (χ1) is 50.3. The average molecular weight is 1490 g/mol. The van der Waals surface area contributed by atoms with E-state index in [1.165, 1.54) is 69.7 Å². The molecule has 2 fully saturated rings. The summed E-state index contributed by atoms with van der Waals surface area (Å²) in [5.41, 5.74) is 14.2. The van der Waals surface area contributed by atoms with Gasteiger partial charge in [-0.15, -0.1) is 0 Å². The number of carbonyl (C=O) groups excluding carboxylic acids is 13. The Morgan fingerprint density at radius 1 is 0.623 bits per heavy atom. The molecule has 3 aromatic carbocycles. The van der Waals surface area contributed by atoms with Crippen LogP contribution in [-0.4, -0.2) is 204 Å². The number of likely N-dealkylation sites (tertiary alicyclic amines) is 2. The maximum absolute atomic E-state index is 14.1. The summed E-state index contributed by atoms with van der Waals surface area (Å²) in [6.07, 6.45) is 6.06. The van der Waals surface area contributed by atoms with Crippen molar-refractivity contribution in [2.75, 3.05) is 38.7 Å². The van der Waals surface area contributed by atoms with Gasteiger partial charge in [-0.25, -0.2) is 4.98 Å². The van der Waals surface area contributed by atoms with Crippen LogP contribution in [0.15, 0.2) is 97.5 Å². The van der Waals surface area contributed by atoms with E-state index >= 15 is 0 Å². The van der Waals surface area contributed by atoms with Gasteiger partial charge in [-0.2, -0.15) is 11.8 Å². The number of nitrogens with one attached hydrogen (secondary N) is 7. The Labute approximate surface area is 624 Å². The number of likely N-dealkylation sites (N-methyl/N-ethyl adjacent to an activating group) is 1. The number of hydrogen-bond donors (Lipinski definition) is 12. The van der Waals surface area contributed by atoms with Crippen LogP contribution in [0.4, 0.5) is 0 Å². The molecule has 0 unspecified atom stereocenters. The molecule has 106 heavy (non-hydrogen) atoms. The number of Topliss-reactive ketones (excluding diaryl/α,β-unsaturated/α-hetero) is 6. The highest BCUT2D eigenvalue weighted by Crippen LogP contribution is 2.28. The number of amidine groups is 1. The lowest BCUT2D eigenvalue weighted by molar-refractivity contribution is -0.143. The molecule has 0 saturated carbocycles. The third kappa shape index (κ3) is 29.6. The summed E-state index contributed by atoms with van der Waals surface area (Å²) in [5.74, 6) is -10.1. The lowest BCUT2D eigenvalue weighted by Gasteiger charge is -2.29. The van der Waals surface area contributed by atoms with E-state index in [-0.39, 0.29) is 112 Å². The number of aliphatic hydroxyl groups excluding tert-OH is 2. The van der Waals surface area contributed by atoms with Gasteiger partial charge in [0.15, 0.2) is 34.7 Å². The van der Waals surface area contributed by atoms with Gasteiger partial charge in [0.05, 0.1) is 55.1 Å². The van der Waals surface area contributed by atoms with E-state index < -0.39 is 138 Å². The number of aromatic amines is 1. The van der Waals surface area contributed by atoms with Gasteiger partial charge in [-0.05, 0) is 139 Å². The molecule has 2 aliphatic heterocycles. The fraction of sp³-hybridized carbons (Fsp3) is 0.545. The number of phenolic OH excluding ortho intramolecular Hbond substituents is 1. The van der Waals surface area contributed by atoms with Crippen LogP contribution in [0.3, 0.4) is 0 Å². The Bertz CT molecular complexity index is 3600. The molecule has 28 nitrogen and oxygen atoms in total. The fourth-order valence-electron chi connectivity index (χ4n) is 13.2. The molecule has 0 spiro atoms. The standard InChI is InChI=1S/C55H79N7O12S.C22H29N5O4/c1-33(55(74)62-24-15-21-45(62)46(68)30-40(20-13-14-22-49(56)57)53(72)60-44(34(2)63)28-39-18-11-8-12-19-39)26-47(69)51(36(4)65)61-54(73)42(27-38-16-9-7-10-17-38)29-43(67)32-58-52(71)41(23-25-75-6)31-48(70)50(35(3)64)59-37(5)66;1-27-8-2-3-19(27)22(31)26-18(11-16-12-24-13-25-16)20(29)10-15(21(23)30)9-14-4-6-17(28)7-5-14/h7-12,16-19,33,35-36,40-42,44-45,50-51,64-65H,13-15,20-32H2,1-6H3,(H3,56,57)(H,58,71)(H,59,66)(H,60,72)(H,61,73);4-7,12-13,15,18-19,28H,2-3,8-11H2,1H3,(H2,23,30)(H,24,25)(H,26,31)/t33-,35-,36-,40-,41-,42-,44+,45+,50+,51+;15-,18+,19+/m11/s1. The molecule has 0 radical (unpaired) electrons. The Morgan fingerprint density at radius 3 is 1.75 bits per heavy atom. The maximum atomic E-state index is 14.1. The van der Waals surface area contributed by atoms with Gasteiger partial charge >= 0.3 is 0 Å². The van der Waals surface area contributed by atoms with E-state index in [1.54, 1.807) is 48.7 Å². The van der Waals surface area contributed by atoms with Gasteiger partial charge in [-0.3, -0.25) is 72.6 Å². The number of nitrogens with zero attached hydrogens (tertiary/aromatic N) is 3. The molecule has 2 saturated heterocycles. The highest BCUT2D eigenvalue weighted by atomic mass is 32.2. The minimum Gasteiger partial charge on any atom is -0.508 e. The highest BCUT2D eigenvalue weighted by molar-refractivity contribution is 7.98. The number of benzene rings is 3. The Morgan fingerprint density at radius 2 is 1.19 bits per heavy atom. The number of imidazole rings is 1. The van der Waals surface area contributed by atoms with E-state index in [1.807, 2.05) is 48.5 Å². The smallest absolute Gasteiger partial charge is 0.237 e. The Kier molecular flexibility index (Phi) is 36.7. The van der Waals surface area contributed by atoms with Crippen molar-refractivity contribution in [2.24, 2.45) is 41.1 Å². The second-order valence-corrected chi connectivity index (χ2v) is 29.0. The number of aliphatic hydroxyl groups is 2. The lowest BCUT2D eigenvalue weighted by atomic mass is 9.90. The molecule has 1 aromatic heterocycles. The minimum atomic E-state index is -1.49. The summed E-state index contributed by atoms with van der Waals surface area (Å²) in [5, 5.41) is 51.4. The number of carbonyl (C=O) groups is 13. The third-order valence-corrected chi connectivity index (χ3v) is 19.8. The van der Waals surface area contributed by atoms with Crippen molar-refractivity contribution < 1.29 is 77.6 Å². The van der Waals surface area contributed by atoms with Crippen molar-refractivity contribution >= 4 is 93.6 Å².